The zero-order valence-electron chi connectivity index (χ0n) is 7.27. The summed E-state index contributed by atoms with van der Waals surface area (Å²) in [6.45, 7) is 4.25. The van der Waals surface area contributed by atoms with Gasteiger partial charge in [-0.05, 0) is 12.8 Å². The highest BCUT2D eigenvalue weighted by Gasteiger charge is 2.06. The lowest BCUT2D eigenvalue weighted by atomic mass is 10.0. The number of thiol groups is 1. The molecule has 0 N–H and O–H groups in total. The quantitative estimate of drug-likeness (QED) is 0.514. The highest BCUT2D eigenvalue weighted by atomic mass is 32.1. The predicted octanol–water partition coefficient (Wildman–Crippen LogP) is 3.67. The standard InChI is InChI=1S/C6H12S.C3H8/c7-6-4-2-1-3-5-6;1-3-2/h6-7H,1-5H2;3H2,1-2H3. The van der Waals surface area contributed by atoms with Gasteiger partial charge in [-0.3, -0.25) is 0 Å². The topological polar surface area (TPSA) is 0 Å². The summed E-state index contributed by atoms with van der Waals surface area (Å²) in [7, 11) is 0. The Balaban J connectivity index is 0.000000236. The Morgan fingerprint density at radius 1 is 1.10 bits per heavy atom. The second kappa shape index (κ2) is 7.46. The lowest BCUT2D eigenvalue weighted by molar-refractivity contribution is 0.518. The van der Waals surface area contributed by atoms with Crippen molar-refractivity contribution in [2.24, 2.45) is 0 Å². The molecule has 0 radical (unpaired) electrons. The Labute approximate surface area is 70.8 Å². The maximum atomic E-state index is 4.36. The van der Waals surface area contributed by atoms with Gasteiger partial charge in [0.1, 0.15) is 0 Å². The smallest absolute Gasteiger partial charge is 0.00168 e. The molecule has 10 heavy (non-hydrogen) atoms. The molecule has 0 aromatic carbocycles. The van der Waals surface area contributed by atoms with Crippen LogP contribution in [0.4, 0.5) is 0 Å². The third-order valence-electron chi connectivity index (χ3n) is 1.57. The van der Waals surface area contributed by atoms with Gasteiger partial charge in [-0.25, -0.2) is 0 Å². The van der Waals surface area contributed by atoms with Gasteiger partial charge in [0, 0.05) is 5.25 Å². The average Bonchev–Trinajstić information content (AvgIpc) is 1.91. The zero-order chi connectivity index (χ0) is 7.82. The number of hydrogen-bond donors (Lipinski definition) is 1. The van der Waals surface area contributed by atoms with Crippen LogP contribution in [0.1, 0.15) is 52.4 Å². The van der Waals surface area contributed by atoms with Crippen LogP contribution in [-0.4, -0.2) is 5.25 Å². The van der Waals surface area contributed by atoms with E-state index in [1.165, 1.54) is 38.5 Å². The molecule has 1 heteroatoms. The summed E-state index contributed by atoms with van der Waals surface area (Å²) in [5.74, 6) is 0. The summed E-state index contributed by atoms with van der Waals surface area (Å²) in [6, 6.07) is 0. The predicted molar refractivity (Wildman–Crippen MR) is 51.8 cm³/mol. The summed E-state index contributed by atoms with van der Waals surface area (Å²) in [5.41, 5.74) is 0. The first-order chi connectivity index (χ1) is 4.81. The summed E-state index contributed by atoms with van der Waals surface area (Å²) < 4.78 is 0. The summed E-state index contributed by atoms with van der Waals surface area (Å²) in [4.78, 5) is 0. The third kappa shape index (κ3) is 6.47. The Bertz CT molecular complexity index is 55.7. The van der Waals surface area contributed by atoms with Crippen molar-refractivity contribution in [2.75, 3.05) is 0 Å². The minimum Gasteiger partial charge on any atom is -0.176 e. The maximum Gasteiger partial charge on any atom is 0.00168 e. The first kappa shape index (κ1) is 10.3. The van der Waals surface area contributed by atoms with Gasteiger partial charge in [0.15, 0.2) is 0 Å². The largest absolute Gasteiger partial charge is 0.176 e. The van der Waals surface area contributed by atoms with Crippen molar-refractivity contribution >= 4 is 12.6 Å². The summed E-state index contributed by atoms with van der Waals surface area (Å²) in [5, 5.41) is 0.730. The second-order valence-corrected chi connectivity index (χ2v) is 3.73. The van der Waals surface area contributed by atoms with Crippen molar-refractivity contribution in [1.82, 2.24) is 0 Å². The number of rotatable bonds is 0. The molecule has 1 fully saturated rings. The molecular weight excluding hydrogens is 140 g/mol. The second-order valence-electron chi connectivity index (χ2n) is 3.00. The SMILES string of the molecule is CCC.SC1CCCCC1. The van der Waals surface area contributed by atoms with E-state index < -0.39 is 0 Å². The minimum atomic E-state index is 0.730. The van der Waals surface area contributed by atoms with Crippen LogP contribution in [0.5, 0.6) is 0 Å². The van der Waals surface area contributed by atoms with Crippen LogP contribution in [0.25, 0.3) is 0 Å². The first-order valence-corrected chi connectivity index (χ1v) is 5.01. The van der Waals surface area contributed by atoms with E-state index in [0.717, 1.165) is 5.25 Å². The van der Waals surface area contributed by atoms with E-state index in [1.807, 2.05) is 0 Å². The fraction of sp³-hybridized carbons (Fsp3) is 1.00. The Morgan fingerprint density at radius 2 is 1.50 bits per heavy atom. The van der Waals surface area contributed by atoms with E-state index >= 15 is 0 Å². The normalized spacial score (nSPS) is 19.5. The van der Waals surface area contributed by atoms with E-state index in [9.17, 15) is 0 Å². The first-order valence-electron chi connectivity index (χ1n) is 4.49. The monoisotopic (exact) mass is 160 g/mol. The molecule has 62 valence electrons. The van der Waals surface area contributed by atoms with Crippen molar-refractivity contribution < 1.29 is 0 Å². The van der Waals surface area contributed by atoms with Gasteiger partial charge in [0.05, 0.1) is 0 Å². The van der Waals surface area contributed by atoms with Gasteiger partial charge in [0.2, 0.25) is 0 Å². The van der Waals surface area contributed by atoms with Crippen LogP contribution in [-0.2, 0) is 0 Å². The Morgan fingerprint density at radius 3 is 1.70 bits per heavy atom. The van der Waals surface area contributed by atoms with Crippen molar-refractivity contribution in [3.8, 4) is 0 Å². The van der Waals surface area contributed by atoms with Gasteiger partial charge in [-0.2, -0.15) is 12.6 Å². The van der Waals surface area contributed by atoms with Crippen LogP contribution in [0.15, 0.2) is 0 Å². The molecule has 0 unspecified atom stereocenters. The molecule has 0 saturated heterocycles. The van der Waals surface area contributed by atoms with Crippen LogP contribution in [0.3, 0.4) is 0 Å². The lowest BCUT2D eigenvalue weighted by Gasteiger charge is -2.14. The fourth-order valence-electron chi connectivity index (χ4n) is 1.08. The van der Waals surface area contributed by atoms with E-state index in [0.29, 0.717) is 0 Å². The highest BCUT2D eigenvalue weighted by molar-refractivity contribution is 7.80. The van der Waals surface area contributed by atoms with Gasteiger partial charge in [-0.15, -0.1) is 0 Å². The zero-order valence-corrected chi connectivity index (χ0v) is 8.16. The van der Waals surface area contributed by atoms with Gasteiger partial charge in [-0.1, -0.05) is 39.5 Å². The molecule has 0 heterocycles. The summed E-state index contributed by atoms with van der Waals surface area (Å²) >= 11 is 4.36. The van der Waals surface area contributed by atoms with E-state index in [-0.39, 0.29) is 0 Å². The molecule has 0 aromatic rings. The molecule has 1 rings (SSSR count). The average molecular weight is 160 g/mol. The van der Waals surface area contributed by atoms with E-state index in [4.69, 9.17) is 0 Å². The van der Waals surface area contributed by atoms with Gasteiger partial charge in [0.25, 0.3) is 0 Å². The lowest BCUT2D eigenvalue weighted by Crippen LogP contribution is -2.03. The van der Waals surface area contributed by atoms with E-state index in [1.54, 1.807) is 0 Å². The molecule has 0 spiro atoms. The molecule has 0 bridgehead atoms. The minimum absolute atomic E-state index is 0.730. The molecular formula is C9H20S. The van der Waals surface area contributed by atoms with Crippen molar-refractivity contribution in [3.05, 3.63) is 0 Å². The van der Waals surface area contributed by atoms with Crippen molar-refractivity contribution in [1.29, 1.82) is 0 Å². The Kier molecular flexibility index (Phi) is 7.72. The van der Waals surface area contributed by atoms with E-state index in [2.05, 4.69) is 26.5 Å². The maximum absolute atomic E-state index is 4.36. The number of hydrogen-bond acceptors (Lipinski definition) is 1. The molecule has 1 aliphatic carbocycles. The highest BCUT2D eigenvalue weighted by Crippen LogP contribution is 2.20. The molecule has 0 aliphatic heterocycles. The molecule has 1 aliphatic rings. The van der Waals surface area contributed by atoms with Crippen LogP contribution >= 0.6 is 12.6 Å². The van der Waals surface area contributed by atoms with Crippen LogP contribution in [0, 0.1) is 0 Å². The molecule has 0 nitrogen and oxygen atoms in total. The fourth-order valence-corrected chi connectivity index (χ4v) is 1.45. The van der Waals surface area contributed by atoms with Gasteiger partial charge >= 0.3 is 0 Å². The molecule has 0 atom stereocenters. The van der Waals surface area contributed by atoms with Crippen LogP contribution < -0.4 is 0 Å². The molecule has 0 amide bonds. The Hall–Kier alpha value is 0.350. The molecule has 1 saturated carbocycles. The van der Waals surface area contributed by atoms with Crippen molar-refractivity contribution in [3.63, 3.8) is 0 Å². The van der Waals surface area contributed by atoms with Crippen LogP contribution in [0.2, 0.25) is 0 Å². The third-order valence-corrected chi connectivity index (χ3v) is 2.09. The molecule has 0 aromatic heterocycles. The summed E-state index contributed by atoms with van der Waals surface area (Å²) in [6.07, 6.45) is 8.21. The van der Waals surface area contributed by atoms with Crippen molar-refractivity contribution in [2.45, 2.75) is 57.6 Å². The van der Waals surface area contributed by atoms with Gasteiger partial charge < -0.3 is 0 Å².